The molecular formula is C24H28FN3O8S. The van der Waals surface area contributed by atoms with Crippen molar-refractivity contribution in [3.05, 3.63) is 48.4 Å². The molecule has 0 unspecified atom stereocenters. The Bertz CT molecular complexity index is 1210. The highest BCUT2D eigenvalue weighted by atomic mass is 32.2. The van der Waals surface area contributed by atoms with Crippen LogP contribution in [0.4, 0.5) is 9.18 Å². The molecule has 2 aromatic rings. The van der Waals surface area contributed by atoms with Crippen LogP contribution in [-0.2, 0) is 29.0 Å². The number of pyridine rings is 1. The first kappa shape index (κ1) is 26.8. The Hall–Kier alpha value is -3.29. The highest BCUT2D eigenvalue weighted by Crippen LogP contribution is 2.38. The number of methoxy groups -OCH3 is 1. The molecule has 0 aliphatic carbocycles. The largest absolute Gasteiger partial charge is 0.465 e. The number of amides is 1. The second-order valence-electron chi connectivity index (χ2n) is 8.47. The number of ether oxygens (including phenoxy) is 4. The number of nitrogens with zero attached hydrogens (tertiary/aromatic N) is 3. The van der Waals surface area contributed by atoms with Crippen LogP contribution in [0.25, 0.3) is 0 Å². The summed E-state index contributed by atoms with van der Waals surface area (Å²) in [6.07, 6.45) is 1.52. The topological polar surface area (TPSA) is 125 Å². The Labute approximate surface area is 214 Å². The van der Waals surface area contributed by atoms with Crippen molar-refractivity contribution < 1.29 is 41.3 Å². The molecule has 2 aliphatic heterocycles. The number of halogens is 1. The maximum Gasteiger partial charge on any atom is 0.410 e. The lowest BCUT2D eigenvalue weighted by Gasteiger charge is -2.43. The molecule has 13 heteroatoms. The summed E-state index contributed by atoms with van der Waals surface area (Å²) in [5, 5.41) is -0.288. The first-order chi connectivity index (χ1) is 17.8. The molecule has 2 fully saturated rings. The van der Waals surface area contributed by atoms with Crippen LogP contribution in [0, 0.1) is 5.82 Å². The van der Waals surface area contributed by atoms with Crippen LogP contribution in [-0.4, -0.2) is 86.3 Å². The van der Waals surface area contributed by atoms with Crippen LogP contribution in [0.5, 0.6) is 11.5 Å². The Morgan fingerprint density at radius 2 is 1.78 bits per heavy atom. The van der Waals surface area contributed by atoms with E-state index in [9.17, 15) is 22.4 Å². The van der Waals surface area contributed by atoms with Gasteiger partial charge in [-0.2, -0.15) is 4.31 Å². The number of piperazine rings is 1. The number of esters is 1. The summed E-state index contributed by atoms with van der Waals surface area (Å²) < 4.78 is 62.4. The van der Waals surface area contributed by atoms with Crippen molar-refractivity contribution in [3.8, 4) is 11.5 Å². The smallest absolute Gasteiger partial charge is 0.410 e. The van der Waals surface area contributed by atoms with Gasteiger partial charge in [-0.25, -0.2) is 22.6 Å². The lowest BCUT2D eigenvalue weighted by atomic mass is 10.1. The summed E-state index contributed by atoms with van der Waals surface area (Å²) in [7, 11) is -2.77. The minimum absolute atomic E-state index is 0.0353. The van der Waals surface area contributed by atoms with Crippen molar-refractivity contribution in [2.24, 2.45) is 0 Å². The molecule has 2 bridgehead atoms. The van der Waals surface area contributed by atoms with E-state index < -0.39 is 46.0 Å². The molecule has 1 aromatic carbocycles. The van der Waals surface area contributed by atoms with E-state index in [1.54, 1.807) is 6.92 Å². The van der Waals surface area contributed by atoms with Crippen LogP contribution >= 0.6 is 0 Å². The zero-order valence-corrected chi connectivity index (χ0v) is 21.2. The van der Waals surface area contributed by atoms with Gasteiger partial charge in [-0.15, -0.1) is 0 Å². The van der Waals surface area contributed by atoms with Gasteiger partial charge in [0.05, 0.1) is 25.5 Å². The van der Waals surface area contributed by atoms with Gasteiger partial charge in [0.25, 0.3) is 10.0 Å². The van der Waals surface area contributed by atoms with Crippen LogP contribution < -0.4 is 4.74 Å². The van der Waals surface area contributed by atoms with E-state index in [1.807, 2.05) is 0 Å². The molecule has 0 radical (unpaired) electrons. The lowest BCUT2D eigenvalue weighted by molar-refractivity contribution is -0.151. The molecule has 0 spiro atoms. The van der Waals surface area contributed by atoms with E-state index in [1.165, 1.54) is 54.6 Å². The second kappa shape index (κ2) is 11.4. The highest BCUT2D eigenvalue weighted by molar-refractivity contribution is 7.89. The van der Waals surface area contributed by atoms with Crippen molar-refractivity contribution in [1.29, 1.82) is 0 Å². The fourth-order valence-corrected chi connectivity index (χ4v) is 6.13. The van der Waals surface area contributed by atoms with E-state index in [0.717, 1.165) is 4.31 Å². The predicted octanol–water partition coefficient (Wildman–Crippen LogP) is 2.57. The first-order valence-electron chi connectivity index (χ1n) is 11.8. The summed E-state index contributed by atoms with van der Waals surface area (Å²) in [4.78, 5) is 31.3. The third kappa shape index (κ3) is 5.68. The van der Waals surface area contributed by atoms with E-state index in [2.05, 4.69) is 4.98 Å². The quantitative estimate of drug-likeness (QED) is 0.351. The minimum Gasteiger partial charge on any atom is -0.465 e. The molecule has 3 heterocycles. The van der Waals surface area contributed by atoms with Crippen molar-refractivity contribution in [3.63, 3.8) is 0 Å². The minimum atomic E-state index is -4.25. The SMILES string of the molecule is CCOC(=O)[C@@H]1[C@@H]2CC[C@H](CN1S(=O)(=O)c1ccc(Oc3ccc(F)cc3)cn1)N2C(=O)OCCOC. The summed E-state index contributed by atoms with van der Waals surface area (Å²) in [6.45, 7) is 1.80. The average molecular weight is 538 g/mol. The normalized spacial score (nSPS) is 21.5. The van der Waals surface area contributed by atoms with Gasteiger partial charge >= 0.3 is 12.1 Å². The van der Waals surface area contributed by atoms with Crippen molar-refractivity contribution in [1.82, 2.24) is 14.2 Å². The Kier molecular flexibility index (Phi) is 8.25. The molecule has 2 aliphatic rings. The Balaban J connectivity index is 1.57. The van der Waals surface area contributed by atoms with Gasteiger partial charge in [-0.1, -0.05) is 0 Å². The fourth-order valence-electron chi connectivity index (χ4n) is 4.57. The molecule has 0 N–H and O–H groups in total. The predicted molar refractivity (Wildman–Crippen MR) is 127 cm³/mol. The zero-order chi connectivity index (χ0) is 26.6. The molecule has 11 nitrogen and oxygen atoms in total. The fraction of sp³-hybridized carbons (Fsp3) is 0.458. The standard InChI is InChI=1S/C24H28FN3O8S/c1-3-34-23(29)22-20-10-6-17(28(20)24(30)35-13-12-33-2)15-27(22)37(31,32)21-11-9-19(14-26-21)36-18-7-4-16(25)5-8-18/h4-5,7-9,11,14,17,20,22H,3,6,10,12-13,15H2,1-2H3/t17-,20+,22+/m1/s1. The van der Waals surface area contributed by atoms with E-state index in [-0.39, 0.29) is 37.1 Å². The molecule has 4 rings (SSSR count). The van der Waals surface area contributed by atoms with Gasteiger partial charge in [0, 0.05) is 19.7 Å². The van der Waals surface area contributed by atoms with Crippen LogP contribution in [0.15, 0.2) is 47.6 Å². The third-order valence-electron chi connectivity index (χ3n) is 6.20. The number of fused-ring (bicyclic) bond motifs is 2. The molecule has 3 atom stereocenters. The molecule has 1 amide bonds. The van der Waals surface area contributed by atoms with Gasteiger partial charge in [0.2, 0.25) is 0 Å². The van der Waals surface area contributed by atoms with Gasteiger partial charge in [-0.3, -0.25) is 9.69 Å². The summed E-state index contributed by atoms with van der Waals surface area (Å²) >= 11 is 0. The van der Waals surface area contributed by atoms with E-state index >= 15 is 0 Å². The van der Waals surface area contributed by atoms with E-state index in [0.29, 0.717) is 18.6 Å². The van der Waals surface area contributed by atoms with Crippen molar-refractivity contribution in [2.45, 2.75) is 42.9 Å². The number of carbonyl (C=O) groups excluding carboxylic acids is 2. The lowest BCUT2D eigenvalue weighted by Crippen LogP contribution is -2.65. The number of hydrogen-bond donors (Lipinski definition) is 0. The number of sulfonamides is 1. The maximum atomic E-state index is 13.6. The summed E-state index contributed by atoms with van der Waals surface area (Å²) in [5.74, 6) is -0.565. The average Bonchev–Trinajstić information content (AvgIpc) is 3.18. The molecule has 37 heavy (non-hydrogen) atoms. The molecule has 1 aromatic heterocycles. The monoisotopic (exact) mass is 537 g/mol. The molecule has 2 saturated heterocycles. The molecule has 200 valence electrons. The summed E-state index contributed by atoms with van der Waals surface area (Å²) in [5.41, 5.74) is 0. The molecule has 0 saturated carbocycles. The third-order valence-corrected chi connectivity index (χ3v) is 7.96. The maximum absolute atomic E-state index is 13.6. The van der Waals surface area contributed by atoms with Gasteiger partial charge in [0.1, 0.15) is 30.0 Å². The zero-order valence-electron chi connectivity index (χ0n) is 20.4. The second-order valence-corrected chi connectivity index (χ2v) is 10.3. The molecular weight excluding hydrogens is 509 g/mol. The number of hydrogen-bond acceptors (Lipinski definition) is 9. The Morgan fingerprint density at radius 1 is 1.05 bits per heavy atom. The number of aromatic nitrogens is 1. The van der Waals surface area contributed by atoms with E-state index in [4.69, 9.17) is 18.9 Å². The van der Waals surface area contributed by atoms with Crippen molar-refractivity contribution >= 4 is 22.1 Å². The van der Waals surface area contributed by atoms with Crippen molar-refractivity contribution in [2.75, 3.05) is 33.5 Å². The Morgan fingerprint density at radius 3 is 2.43 bits per heavy atom. The number of benzene rings is 1. The number of carbonyl (C=O) groups is 2. The summed E-state index contributed by atoms with van der Waals surface area (Å²) in [6, 6.07) is 5.54. The number of rotatable bonds is 9. The van der Waals surface area contributed by atoms with Gasteiger partial charge in [-0.05, 0) is 56.2 Å². The first-order valence-corrected chi connectivity index (χ1v) is 13.2. The van der Waals surface area contributed by atoms with Crippen LogP contribution in [0.1, 0.15) is 19.8 Å². The van der Waals surface area contributed by atoms with Crippen LogP contribution in [0.3, 0.4) is 0 Å². The van der Waals surface area contributed by atoms with Gasteiger partial charge < -0.3 is 18.9 Å². The van der Waals surface area contributed by atoms with Gasteiger partial charge in [0.15, 0.2) is 5.03 Å². The van der Waals surface area contributed by atoms with Crippen LogP contribution in [0.2, 0.25) is 0 Å². The highest BCUT2D eigenvalue weighted by Gasteiger charge is 2.56.